The monoisotopic (exact) mass is 991 g/mol. The van der Waals surface area contributed by atoms with E-state index in [1.165, 1.54) is 50.3 Å². The second-order valence-electron chi connectivity index (χ2n) is 18.3. The lowest BCUT2D eigenvalue weighted by Crippen LogP contribution is -2.61. The number of hydrogen-bond donors (Lipinski definition) is 5. The highest BCUT2D eigenvalue weighted by atomic mass is 35.6. The minimum Gasteiger partial charge on any atom is -0.466 e. The van der Waals surface area contributed by atoms with Crippen LogP contribution >= 0.6 is 46.6 Å². The van der Waals surface area contributed by atoms with Crippen LogP contribution in [0.1, 0.15) is 146 Å². The van der Waals surface area contributed by atoms with E-state index in [-0.39, 0.29) is 24.9 Å². The van der Waals surface area contributed by atoms with E-state index >= 15 is 0 Å². The van der Waals surface area contributed by atoms with Crippen LogP contribution in [-0.4, -0.2) is 124 Å². The number of esters is 2. The van der Waals surface area contributed by atoms with Crippen LogP contribution in [0, 0.1) is 0 Å². The maximum Gasteiger partial charge on any atom is 0.407 e. The van der Waals surface area contributed by atoms with Gasteiger partial charge >= 0.3 is 18.0 Å². The van der Waals surface area contributed by atoms with Crippen LogP contribution in [0.3, 0.4) is 0 Å². The maximum absolute atomic E-state index is 14.0. The zero-order chi connectivity index (χ0) is 49.1. The molecule has 0 unspecified atom stereocenters. The molecule has 64 heavy (non-hydrogen) atoms. The Balaban J connectivity index is 5.99. The van der Waals surface area contributed by atoms with Gasteiger partial charge in [0.15, 0.2) is 0 Å². The molecule has 0 radical (unpaired) electrons. The largest absolute Gasteiger partial charge is 0.466 e. The summed E-state index contributed by atoms with van der Waals surface area (Å²) >= 11 is 18.5. The smallest absolute Gasteiger partial charge is 0.407 e. The molecule has 0 aliphatic rings. The van der Waals surface area contributed by atoms with Crippen molar-refractivity contribution in [2.45, 2.75) is 191 Å². The van der Waals surface area contributed by atoms with Gasteiger partial charge in [0.1, 0.15) is 36.4 Å². The van der Waals surface area contributed by atoms with Crippen LogP contribution in [0.5, 0.6) is 0 Å². The minimum absolute atomic E-state index is 0.0219. The fourth-order valence-electron chi connectivity index (χ4n) is 5.33. The molecule has 0 aliphatic heterocycles. The number of nitrogens with two attached hydrogens (primary N) is 1. The molecular formula is C43H76Cl3N5O12S. The number of hydrogen-bond acceptors (Lipinski definition) is 13. The van der Waals surface area contributed by atoms with Crippen molar-refractivity contribution in [1.82, 2.24) is 21.3 Å². The van der Waals surface area contributed by atoms with Crippen molar-refractivity contribution >= 4 is 88.2 Å². The number of alkyl carbamates (subject to hydrolysis) is 1. The van der Waals surface area contributed by atoms with E-state index in [0.29, 0.717) is 18.6 Å². The normalized spacial score (nSPS) is 14.0. The van der Waals surface area contributed by atoms with Gasteiger partial charge in [0.05, 0.1) is 37.4 Å². The molecule has 6 N–H and O–H groups in total. The van der Waals surface area contributed by atoms with E-state index < -0.39 is 100 Å². The second-order valence-corrected chi connectivity index (χ2v) is 22.0. The van der Waals surface area contributed by atoms with E-state index in [4.69, 9.17) is 64.2 Å². The lowest BCUT2D eigenvalue weighted by atomic mass is 10.1. The number of primary amides is 1. The fourth-order valence-corrected chi connectivity index (χ4v) is 6.45. The van der Waals surface area contributed by atoms with Gasteiger partial charge in [-0.2, -0.15) is 11.8 Å². The molecule has 0 spiro atoms. The number of carbonyl (C=O) groups excluding carboxylic acids is 7. The van der Waals surface area contributed by atoms with Crippen LogP contribution in [-0.2, 0) is 52.5 Å². The quantitative estimate of drug-likeness (QED) is 0.0221. The van der Waals surface area contributed by atoms with Crippen molar-refractivity contribution in [2.24, 2.45) is 5.73 Å². The Hall–Kier alpha value is -2.77. The predicted octanol–water partition coefficient (Wildman–Crippen LogP) is 6.34. The highest BCUT2D eigenvalue weighted by Gasteiger charge is 2.35. The molecule has 4 atom stereocenters. The van der Waals surface area contributed by atoms with Gasteiger partial charge in [-0.25, -0.2) is 9.59 Å². The molecule has 372 valence electrons. The standard InChI is InChI=1S/C43H76Cl3N5O12S/c1-11-12-13-14-15-16-17-18-19-21-34(53)59-22-20-23-64-27-32(51-39(58)60-28-43(44,45)46)37(56)50-31(26-62-41(5,6)7)36(55)49-30(25-61-40(2,3)4)35(54)48-29(24-33(47)52)38(57)63-42(8,9)10/h29-32H,11-28H2,1-10H3,(H2,47,52)(H,48,54)(H,49,55)(H,50,56)(H,51,58)/t29-,30-,31-,32-/m0/s1. The van der Waals surface area contributed by atoms with Crippen LogP contribution < -0.4 is 27.0 Å². The maximum atomic E-state index is 14.0. The lowest BCUT2D eigenvalue weighted by molar-refractivity contribution is -0.160. The molecule has 0 saturated heterocycles. The van der Waals surface area contributed by atoms with Gasteiger partial charge in [0.2, 0.25) is 27.4 Å². The first-order chi connectivity index (χ1) is 29.5. The van der Waals surface area contributed by atoms with Gasteiger partial charge in [-0.3, -0.25) is 24.0 Å². The molecule has 0 rings (SSSR count). The Morgan fingerprint density at radius 1 is 0.594 bits per heavy atom. The third-order valence-corrected chi connectivity index (χ3v) is 9.96. The van der Waals surface area contributed by atoms with Gasteiger partial charge in [-0.1, -0.05) is 93.1 Å². The molecule has 0 saturated carbocycles. The van der Waals surface area contributed by atoms with Crippen molar-refractivity contribution in [2.75, 3.05) is 37.9 Å². The van der Waals surface area contributed by atoms with Gasteiger partial charge < -0.3 is 50.7 Å². The Labute approximate surface area is 399 Å². The summed E-state index contributed by atoms with van der Waals surface area (Å²) in [6.45, 7) is 16.1. The van der Waals surface area contributed by atoms with Crippen molar-refractivity contribution < 1.29 is 57.2 Å². The van der Waals surface area contributed by atoms with Crippen LogP contribution in [0.15, 0.2) is 0 Å². The topological polar surface area (TPSA) is 240 Å². The summed E-state index contributed by atoms with van der Waals surface area (Å²) in [5.74, 6) is -4.34. The van der Waals surface area contributed by atoms with E-state index in [1.807, 2.05) is 0 Å². The van der Waals surface area contributed by atoms with Crippen LogP contribution in [0.25, 0.3) is 0 Å². The molecule has 0 aromatic heterocycles. The van der Waals surface area contributed by atoms with Gasteiger partial charge in [-0.05, 0) is 80.9 Å². The molecule has 5 amide bonds. The van der Waals surface area contributed by atoms with Crippen molar-refractivity contribution in [3.8, 4) is 0 Å². The second kappa shape index (κ2) is 31.2. The van der Waals surface area contributed by atoms with Gasteiger partial charge in [0.25, 0.3) is 0 Å². The number of amides is 5. The molecule has 17 nitrogen and oxygen atoms in total. The van der Waals surface area contributed by atoms with Crippen LogP contribution in [0.2, 0.25) is 0 Å². The molecule has 0 heterocycles. The zero-order valence-electron chi connectivity index (χ0n) is 39.6. The number of rotatable bonds is 31. The summed E-state index contributed by atoms with van der Waals surface area (Å²) in [4.78, 5) is 91.5. The average Bonchev–Trinajstić information content (AvgIpc) is 3.15. The average molecular weight is 994 g/mol. The highest BCUT2D eigenvalue weighted by molar-refractivity contribution is 7.99. The van der Waals surface area contributed by atoms with Crippen molar-refractivity contribution in [3.05, 3.63) is 0 Å². The first-order valence-electron chi connectivity index (χ1n) is 22.0. The molecule has 0 bridgehead atoms. The third kappa shape index (κ3) is 34.6. The SMILES string of the molecule is CCCCCCCCCCCC(=O)OCCCSC[C@H](NC(=O)OCC(Cl)(Cl)Cl)C(=O)N[C@@H](COC(C)(C)C)C(=O)N[C@@H](COC(C)(C)C)C(=O)N[C@@H](CC(N)=O)C(=O)OC(C)(C)C. The fraction of sp³-hybridized carbons (Fsp3) is 0.837. The Bertz CT molecular complexity index is 1450. The number of thioether (sulfide) groups is 1. The number of unbranched alkanes of at least 4 members (excludes halogenated alkanes) is 8. The molecule has 21 heteroatoms. The first-order valence-corrected chi connectivity index (χ1v) is 24.2. The molecular weight excluding hydrogens is 917 g/mol. The molecule has 0 fully saturated rings. The lowest BCUT2D eigenvalue weighted by Gasteiger charge is -2.30. The Morgan fingerprint density at radius 3 is 1.52 bits per heavy atom. The third-order valence-electron chi connectivity index (χ3n) is 8.49. The summed E-state index contributed by atoms with van der Waals surface area (Å²) in [7, 11) is 0. The molecule has 0 aliphatic carbocycles. The minimum atomic E-state index is -1.94. The number of ether oxygens (including phenoxy) is 5. The zero-order valence-corrected chi connectivity index (χ0v) is 42.6. The summed E-state index contributed by atoms with van der Waals surface area (Å²) in [5, 5.41) is 10.0. The summed E-state index contributed by atoms with van der Waals surface area (Å²) in [6.07, 6.45) is 9.34. The summed E-state index contributed by atoms with van der Waals surface area (Å²) in [6, 6.07) is -5.74. The molecule has 0 aromatic carbocycles. The summed E-state index contributed by atoms with van der Waals surface area (Å²) < 4.78 is 25.5. The van der Waals surface area contributed by atoms with Crippen molar-refractivity contribution in [3.63, 3.8) is 0 Å². The highest BCUT2D eigenvalue weighted by Crippen LogP contribution is 2.26. The number of nitrogens with one attached hydrogen (secondary N) is 4. The predicted molar refractivity (Wildman–Crippen MR) is 250 cm³/mol. The van der Waals surface area contributed by atoms with E-state index in [1.54, 1.807) is 62.3 Å². The van der Waals surface area contributed by atoms with E-state index in [9.17, 15) is 33.6 Å². The van der Waals surface area contributed by atoms with E-state index in [2.05, 4.69) is 28.2 Å². The van der Waals surface area contributed by atoms with Gasteiger partial charge in [0, 0.05) is 12.2 Å². The van der Waals surface area contributed by atoms with Crippen LogP contribution in [0.4, 0.5) is 4.79 Å². The Morgan fingerprint density at radius 2 is 1.06 bits per heavy atom. The molecule has 0 aromatic rings. The van der Waals surface area contributed by atoms with Gasteiger partial charge in [-0.15, -0.1) is 0 Å². The first kappa shape index (κ1) is 61.2. The summed E-state index contributed by atoms with van der Waals surface area (Å²) in [5.41, 5.74) is 2.82. The van der Waals surface area contributed by atoms with E-state index in [0.717, 1.165) is 19.3 Å². The number of alkyl halides is 3. The van der Waals surface area contributed by atoms with Crippen molar-refractivity contribution in [1.29, 1.82) is 0 Å². The number of carbonyl (C=O) groups is 7. The number of halogens is 3. The Kier molecular flexibility index (Phi) is 29.9.